The van der Waals surface area contributed by atoms with Gasteiger partial charge in [-0.15, -0.1) is 0 Å². The molecule has 3 nitrogen and oxygen atoms in total. The van der Waals surface area contributed by atoms with Crippen LogP contribution in [0.2, 0.25) is 0 Å². The van der Waals surface area contributed by atoms with Crippen molar-refractivity contribution in [1.82, 2.24) is 0 Å². The number of anilines is 1. The van der Waals surface area contributed by atoms with E-state index in [1.165, 1.54) is 0 Å². The van der Waals surface area contributed by atoms with E-state index in [9.17, 15) is 5.21 Å². The van der Waals surface area contributed by atoms with E-state index >= 15 is 0 Å². The van der Waals surface area contributed by atoms with Gasteiger partial charge in [-0.3, -0.25) is 0 Å². The zero-order chi connectivity index (χ0) is 10.1. The number of rotatable bonds is 1. The molecule has 1 aliphatic heterocycles. The first-order chi connectivity index (χ1) is 6.72. The number of hydrogen-bond donors (Lipinski definition) is 0. The molecule has 76 valence electrons. The van der Waals surface area contributed by atoms with Gasteiger partial charge in [0.25, 0.3) is 0 Å². The molecule has 0 bridgehead atoms. The summed E-state index contributed by atoms with van der Waals surface area (Å²) in [6, 6.07) is 3.69. The summed E-state index contributed by atoms with van der Waals surface area (Å²) in [4.78, 5) is 0. The number of halogens is 2. The van der Waals surface area contributed by atoms with Gasteiger partial charge in [-0.25, -0.2) is 0 Å². The number of fused-ring (bicyclic) bond motifs is 1. The van der Waals surface area contributed by atoms with Gasteiger partial charge < -0.3 is 0 Å². The average Bonchev–Trinajstić information content (AvgIpc) is 2.18. The van der Waals surface area contributed by atoms with Crippen LogP contribution in [0.5, 0.6) is 5.75 Å². The van der Waals surface area contributed by atoms with Crippen LogP contribution in [0, 0.1) is 5.21 Å². The van der Waals surface area contributed by atoms with Crippen LogP contribution < -0.4 is 29.5 Å². The van der Waals surface area contributed by atoms with Crippen LogP contribution in [0.15, 0.2) is 20.7 Å². The molecule has 5 heteroatoms. The molecule has 0 atom stereocenters. The maximum absolute atomic E-state index is 11.5. The first-order valence-electron chi connectivity index (χ1n) is 3.87. The van der Waals surface area contributed by atoms with Gasteiger partial charge in [0.15, 0.2) is 0 Å². The molecule has 1 aliphatic rings. The molecule has 0 aliphatic carbocycles. The van der Waals surface area contributed by atoms with Gasteiger partial charge in [0.05, 0.1) is 0 Å². The van der Waals surface area contributed by atoms with Crippen LogP contribution >= 0.6 is 15.9 Å². The van der Waals surface area contributed by atoms with Crippen molar-refractivity contribution in [2.24, 2.45) is 0 Å². The Bertz CT molecular complexity index is 395. The van der Waals surface area contributed by atoms with Crippen LogP contribution in [-0.4, -0.2) is 7.11 Å². The fraction of sp³-hybridized carbons (Fsp3) is 0.111. The molecule has 1 heterocycles. The molecule has 0 saturated carbocycles. The predicted octanol–water partition coefficient (Wildman–Crippen LogP) is -0.250. The standard InChI is InChI=1S/C9H7BrINO2/c1-14-9-5-6(10)4-8-7(9)2-3-11-12(8)13/h2-5H,1H3/q-2. The van der Waals surface area contributed by atoms with E-state index in [4.69, 9.17) is 4.74 Å². The molecule has 14 heavy (non-hydrogen) atoms. The summed E-state index contributed by atoms with van der Waals surface area (Å²) in [5.41, 5.74) is 1.57. The quantitative estimate of drug-likeness (QED) is 0.507. The second-order valence-electron chi connectivity index (χ2n) is 2.68. The van der Waals surface area contributed by atoms with Crippen LogP contribution in [0.3, 0.4) is 0 Å². The Hall–Kier alpha value is -0.270. The SMILES string of the molecule is COc1cc(Br)cc2c1C=C[I-]N2[O-]. The van der Waals surface area contributed by atoms with E-state index in [-0.39, 0.29) is 0 Å². The van der Waals surface area contributed by atoms with E-state index in [1.807, 2.05) is 22.3 Å². The Balaban J connectivity index is 2.62. The third kappa shape index (κ3) is 1.76. The van der Waals surface area contributed by atoms with Gasteiger partial charge >= 0.3 is 102 Å². The molecule has 2 rings (SSSR count). The van der Waals surface area contributed by atoms with Crippen molar-refractivity contribution >= 4 is 27.7 Å². The number of benzene rings is 1. The van der Waals surface area contributed by atoms with E-state index in [2.05, 4.69) is 15.9 Å². The molecule has 0 spiro atoms. The van der Waals surface area contributed by atoms with Gasteiger partial charge in [-0.2, -0.15) is 0 Å². The molecule has 0 N–H and O–H groups in total. The van der Waals surface area contributed by atoms with Gasteiger partial charge in [-0.05, 0) is 0 Å². The molecular formula is C9H7BrINO2-2. The first-order valence-corrected chi connectivity index (χ1v) is 6.87. The molecule has 0 unspecified atom stereocenters. The topological polar surface area (TPSA) is 35.5 Å². The average molecular weight is 368 g/mol. The Morgan fingerprint density at radius 3 is 3.00 bits per heavy atom. The van der Waals surface area contributed by atoms with Crippen molar-refractivity contribution in [2.45, 2.75) is 0 Å². The van der Waals surface area contributed by atoms with E-state index in [0.29, 0.717) is 5.69 Å². The van der Waals surface area contributed by atoms with Crippen molar-refractivity contribution in [2.75, 3.05) is 10.4 Å². The third-order valence-corrected chi connectivity index (χ3v) is 4.03. The Labute approximate surface area is 101 Å². The summed E-state index contributed by atoms with van der Waals surface area (Å²) < 4.78 is 9.07. The normalized spacial score (nSPS) is 14.6. The zero-order valence-electron chi connectivity index (χ0n) is 7.33. The van der Waals surface area contributed by atoms with Gasteiger partial charge in [0.1, 0.15) is 0 Å². The summed E-state index contributed by atoms with van der Waals surface area (Å²) in [7, 11) is 1.61. The molecule has 1 aromatic carbocycles. The second kappa shape index (κ2) is 4.08. The number of hydrogen-bond acceptors (Lipinski definition) is 3. The molecule has 0 amide bonds. The Kier molecular flexibility index (Phi) is 2.99. The van der Waals surface area contributed by atoms with Crippen LogP contribution in [0.4, 0.5) is 5.69 Å². The molecule has 0 saturated heterocycles. The van der Waals surface area contributed by atoms with Gasteiger partial charge in [0.2, 0.25) is 0 Å². The van der Waals surface area contributed by atoms with Crippen LogP contribution in [-0.2, 0) is 0 Å². The molecule has 1 aromatic rings. The molecule has 0 radical (unpaired) electrons. The number of methoxy groups -OCH3 is 1. The summed E-state index contributed by atoms with van der Waals surface area (Å²) >= 11 is 2.81. The van der Waals surface area contributed by atoms with E-state index < -0.39 is 21.5 Å². The van der Waals surface area contributed by atoms with Crippen molar-refractivity contribution in [1.29, 1.82) is 0 Å². The predicted molar refractivity (Wildman–Crippen MR) is 55.6 cm³/mol. The van der Waals surface area contributed by atoms with Crippen molar-refractivity contribution in [3.05, 3.63) is 31.5 Å². The van der Waals surface area contributed by atoms with E-state index in [0.717, 1.165) is 19.1 Å². The summed E-state index contributed by atoms with van der Waals surface area (Å²) in [5.74, 6) is 0.732. The van der Waals surface area contributed by atoms with Gasteiger partial charge in [-0.1, -0.05) is 0 Å². The fourth-order valence-electron chi connectivity index (χ4n) is 1.26. The Morgan fingerprint density at radius 1 is 1.50 bits per heavy atom. The number of ether oxygens (including phenoxy) is 1. The maximum atomic E-state index is 11.5. The van der Waals surface area contributed by atoms with Crippen molar-refractivity contribution in [3.63, 3.8) is 0 Å². The van der Waals surface area contributed by atoms with Crippen molar-refractivity contribution in [3.8, 4) is 5.75 Å². The number of nitrogens with zero attached hydrogens (tertiary/aromatic N) is 1. The van der Waals surface area contributed by atoms with Crippen molar-refractivity contribution < 1.29 is 26.2 Å². The Morgan fingerprint density at radius 2 is 2.29 bits per heavy atom. The summed E-state index contributed by atoms with van der Waals surface area (Å²) in [6.07, 6.45) is 1.96. The first kappa shape index (κ1) is 10.3. The van der Waals surface area contributed by atoms with Crippen LogP contribution in [0.25, 0.3) is 6.08 Å². The molecule has 0 aromatic heterocycles. The van der Waals surface area contributed by atoms with Gasteiger partial charge in [0, 0.05) is 0 Å². The minimum absolute atomic E-state index is 0.547. The zero-order valence-corrected chi connectivity index (χ0v) is 11.1. The molecular weight excluding hydrogens is 361 g/mol. The fourth-order valence-corrected chi connectivity index (χ4v) is 3.19. The van der Waals surface area contributed by atoms with Crippen LogP contribution in [0.1, 0.15) is 5.56 Å². The third-order valence-electron chi connectivity index (χ3n) is 1.87. The minimum atomic E-state index is -0.547. The molecule has 0 fully saturated rings. The monoisotopic (exact) mass is 367 g/mol. The summed E-state index contributed by atoms with van der Waals surface area (Å²) in [6.45, 7) is 0. The summed E-state index contributed by atoms with van der Waals surface area (Å²) in [5, 5.41) is 11.5. The second-order valence-corrected chi connectivity index (χ2v) is 5.74. The van der Waals surface area contributed by atoms with E-state index in [1.54, 1.807) is 7.11 Å².